The SMILES string of the molecule is Cn1nnc(-c2c(F)cc(Cl)cc2-c2ccc3c(c2)CCC3NC(=O)C2(NC(=O)C(F)(F)F)COC2)n1. The van der Waals surface area contributed by atoms with E-state index in [1.807, 2.05) is 6.07 Å². The number of fused-ring (bicyclic) bond motifs is 1. The molecule has 1 fully saturated rings. The number of hydrogen-bond acceptors (Lipinski definition) is 6. The largest absolute Gasteiger partial charge is 0.471 e. The Balaban J connectivity index is 1.41. The molecule has 1 aliphatic heterocycles. The van der Waals surface area contributed by atoms with Crippen molar-refractivity contribution in [3.05, 3.63) is 52.3 Å². The molecule has 14 heteroatoms. The molecule has 37 heavy (non-hydrogen) atoms. The van der Waals surface area contributed by atoms with Crippen LogP contribution in [0, 0.1) is 5.82 Å². The number of nitrogens with zero attached hydrogens (tertiary/aromatic N) is 4. The van der Waals surface area contributed by atoms with Crippen LogP contribution in [-0.2, 0) is 27.8 Å². The van der Waals surface area contributed by atoms with Gasteiger partial charge < -0.3 is 15.4 Å². The van der Waals surface area contributed by atoms with Crippen LogP contribution < -0.4 is 10.6 Å². The van der Waals surface area contributed by atoms with Gasteiger partial charge in [0.05, 0.1) is 31.9 Å². The van der Waals surface area contributed by atoms with Gasteiger partial charge in [0.25, 0.3) is 5.91 Å². The van der Waals surface area contributed by atoms with Gasteiger partial charge in [-0.1, -0.05) is 29.8 Å². The van der Waals surface area contributed by atoms with Crippen molar-refractivity contribution in [1.82, 2.24) is 30.8 Å². The molecule has 5 rings (SSSR count). The first-order valence-electron chi connectivity index (χ1n) is 11.1. The van der Waals surface area contributed by atoms with Crippen molar-refractivity contribution in [3.8, 4) is 22.5 Å². The summed E-state index contributed by atoms with van der Waals surface area (Å²) in [4.78, 5) is 25.5. The number of carbonyl (C=O) groups is 2. The predicted molar refractivity (Wildman–Crippen MR) is 122 cm³/mol. The molecule has 2 aliphatic rings. The molecule has 9 nitrogen and oxygen atoms in total. The first-order valence-corrected chi connectivity index (χ1v) is 11.5. The number of amides is 2. The average molecular weight is 539 g/mol. The van der Waals surface area contributed by atoms with Gasteiger partial charge in [0.1, 0.15) is 5.82 Å². The fourth-order valence-corrected chi connectivity index (χ4v) is 4.70. The Bertz CT molecular complexity index is 1410. The zero-order valence-electron chi connectivity index (χ0n) is 19.2. The normalized spacial score (nSPS) is 18.2. The zero-order valence-corrected chi connectivity index (χ0v) is 20.0. The summed E-state index contributed by atoms with van der Waals surface area (Å²) >= 11 is 6.13. The Morgan fingerprint density at radius 1 is 1.22 bits per heavy atom. The van der Waals surface area contributed by atoms with Gasteiger partial charge in [-0.25, -0.2) is 4.39 Å². The van der Waals surface area contributed by atoms with Crippen LogP contribution in [0.4, 0.5) is 17.6 Å². The molecule has 0 saturated carbocycles. The minimum Gasteiger partial charge on any atom is -0.375 e. The van der Waals surface area contributed by atoms with Gasteiger partial charge in [0.15, 0.2) is 5.54 Å². The Labute approximate surface area is 212 Å². The summed E-state index contributed by atoms with van der Waals surface area (Å²) in [6.07, 6.45) is -4.09. The number of halogens is 5. The highest BCUT2D eigenvalue weighted by Gasteiger charge is 2.52. The smallest absolute Gasteiger partial charge is 0.375 e. The summed E-state index contributed by atoms with van der Waals surface area (Å²) < 4.78 is 58.1. The monoisotopic (exact) mass is 538 g/mol. The highest BCUT2D eigenvalue weighted by molar-refractivity contribution is 6.31. The number of tetrazole rings is 1. The van der Waals surface area contributed by atoms with E-state index in [4.69, 9.17) is 16.3 Å². The number of nitrogens with one attached hydrogen (secondary N) is 2. The van der Waals surface area contributed by atoms with Crippen LogP contribution in [-0.4, -0.2) is 57.0 Å². The molecule has 2 N–H and O–H groups in total. The van der Waals surface area contributed by atoms with Crippen molar-refractivity contribution in [3.63, 3.8) is 0 Å². The summed E-state index contributed by atoms with van der Waals surface area (Å²) in [7, 11) is 1.56. The summed E-state index contributed by atoms with van der Waals surface area (Å²) in [6, 6.07) is 7.58. The summed E-state index contributed by atoms with van der Waals surface area (Å²) in [5.74, 6) is -3.49. The van der Waals surface area contributed by atoms with Gasteiger partial charge in [-0.2, -0.15) is 18.0 Å². The highest BCUT2D eigenvalue weighted by atomic mass is 35.5. The third-order valence-electron chi connectivity index (χ3n) is 6.37. The molecule has 2 heterocycles. The lowest BCUT2D eigenvalue weighted by Crippen LogP contribution is -2.71. The van der Waals surface area contributed by atoms with Crippen molar-refractivity contribution in [2.24, 2.45) is 7.05 Å². The molecule has 2 amide bonds. The topological polar surface area (TPSA) is 111 Å². The van der Waals surface area contributed by atoms with E-state index in [1.165, 1.54) is 4.80 Å². The second kappa shape index (κ2) is 9.06. The van der Waals surface area contributed by atoms with E-state index in [0.29, 0.717) is 24.0 Å². The van der Waals surface area contributed by atoms with Crippen molar-refractivity contribution in [2.45, 2.75) is 30.6 Å². The predicted octanol–water partition coefficient (Wildman–Crippen LogP) is 2.89. The lowest BCUT2D eigenvalue weighted by molar-refractivity contribution is -0.184. The Morgan fingerprint density at radius 2 is 1.97 bits per heavy atom. The first kappa shape index (κ1) is 25.1. The molecule has 0 bridgehead atoms. The summed E-state index contributed by atoms with van der Waals surface area (Å²) in [5, 5.41) is 16.5. The zero-order chi connectivity index (χ0) is 26.5. The van der Waals surface area contributed by atoms with E-state index < -0.39 is 35.4 Å². The van der Waals surface area contributed by atoms with Crippen molar-refractivity contribution in [2.75, 3.05) is 13.2 Å². The maximum atomic E-state index is 14.9. The summed E-state index contributed by atoms with van der Waals surface area (Å²) in [5.41, 5.74) is 1.06. The van der Waals surface area contributed by atoms with Crippen LogP contribution in [0.15, 0.2) is 30.3 Å². The van der Waals surface area contributed by atoms with Gasteiger partial charge in [-0.15, -0.1) is 10.2 Å². The number of alkyl halides is 3. The number of carbonyl (C=O) groups excluding carboxylic acids is 2. The van der Waals surface area contributed by atoms with Crippen LogP contribution >= 0.6 is 11.6 Å². The molecule has 2 aromatic carbocycles. The molecule has 1 saturated heterocycles. The Kier molecular flexibility index (Phi) is 6.15. The second-order valence-corrected chi connectivity index (χ2v) is 9.35. The lowest BCUT2D eigenvalue weighted by atomic mass is 9.94. The number of rotatable bonds is 5. The molecule has 1 atom stereocenters. The average Bonchev–Trinajstić information content (AvgIpc) is 3.40. The first-order chi connectivity index (χ1) is 17.5. The maximum Gasteiger partial charge on any atom is 0.471 e. The van der Waals surface area contributed by atoms with Crippen molar-refractivity contribution >= 4 is 23.4 Å². The van der Waals surface area contributed by atoms with Crippen molar-refractivity contribution in [1.29, 1.82) is 0 Å². The maximum absolute atomic E-state index is 14.9. The molecule has 1 unspecified atom stereocenters. The third kappa shape index (κ3) is 4.64. The number of hydrogen-bond donors (Lipinski definition) is 2. The number of benzene rings is 2. The van der Waals surface area contributed by atoms with Gasteiger partial charge in [0, 0.05) is 5.02 Å². The third-order valence-corrected chi connectivity index (χ3v) is 6.58. The van der Waals surface area contributed by atoms with Crippen LogP contribution in [0.5, 0.6) is 0 Å². The van der Waals surface area contributed by atoms with E-state index in [9.17, 15) is 27.2 Å². The molecule has 1 aromatic heterocycles. The van der Waals surface area contributed by atoms with E-state index in [0.717, 1.165) is 17.2 Å². The Morgan fingerprint density at radius 3 is 2.59 bits per heavy atom. The fraction of sp³-hybridized carbons (Fsp3) is 0.348. The molecule has 3 aromatic rings. The Hall–Kier alpha value is -3.58. The molecular formula is C23H19ClF4N6O3. The number of aryl methyl sites for hydroxylation is 2. The fourth-order valence-electron chi connectivity index (χ4n) is 4.50. The van der Waals surface area contributed by atoms with Crippen LogP contribution in [0.3, 0.4) is 0 Å². The highest BCUT2D eigenvalue weighted by Crippen LogP contribution is 2.39. The molecule has 0 radical (unpaired) electrons. The van der Waals surface area contributed by atoms with E-state index >= 15 is 0 Å². The van der Waals surface area contributed by atoms with Gasteiger partial charge in [-0.05, 0) is 52.4 Å². The molecular weight excluding hydrogens is 520 g/mol. The van der Waals surface area contributed by atoms with E-state index in [1.54, 1.807) is 30.6 Å². The lowest BCUT2D eigenvalue weighted by Gasteiger charge is -2.41. The molecule has 1 aliphatic carbocycles. The van der Waals surface area contributed by atoms with Gasteiger partial charge in [0.2, 0.25) is 5.82 Å². The minimum absolute atomic E-state index is 0.0891. The second-order valence-electron chi connectivity index (χ2n) is 8.92. The van der Waals surface area contributed by atoms with Crippen LogP contribution in [0.25, 0.3) is 22.5 Å². The number of ether oxygens (including phenoxy) is 1. The minimum atomic E-state index is -5.13. The number of aromatic nitrogens is 4. The molecule has 194 valence electrons. The van der Waals surface area contributed by atoms with Crippen LogP contribution in [0.1, 0.15) is 23.6 Å². The quantitative estimate of drug-likeness (QED) is 0.483. The molecule has 0 spiro atoms. The standard InChI is InChI=1S/C23H19ClF4N6O3/c1-34-32-19(31-33-34)18-15(7-13(24)8-16(18)25)12-2-4-14-11(6-12)3-5-17(14)29-20(35)22(9-37-10-22)30-21(36)23(26,27)28/h2,4,6-8,17H,3,5,9-10H2,1H3,(H,29,35)(H,30,36). The van der Waals surface area contributed by atoms with Crippen molar-refractivity contribution < 1.29 is 31.9 Å². The van der Waals surface area contributed by atoms with Gasteiger partial charge in [-0.3, -0.25) is 9.59 Å². The van der Waals surface area contributed by atoms with E-state index in [-0.39, 0.29) is 29.6 Å². The van der Waals surface area contributed by atoms with Gasteiger partial charge >= 0.3 is 12.1 Å². The van der Waals surface area contributed by atoms with E-state index in [2.05, 4.69) is 20.7 Å². The summed E-state index contributed by atoms with van der Waals surface area (Å²) in [6.45, 7) is -0.725. The van der Waals surface area contributed by atoms with Crippen LogP contribution in [0.2, 0.25) is 5.02 Å².